The molecule has 1 aliphatic rings. The molecule has 0 bridgehead atoms. The van der Waals surface area contributed by atoms with Gasteiger partial charge in [0.2, 0.25) is 5.92 Å². The number of rotatable bonds is 6. The van der Waals surface area contributed by atoms with Crippen LogP contribution in [0.25, 0.3) is 0 Å². The maximum Gasteiger partial charge on any atom is 0.278 e. The monoisotopic (exact) mass is 468 g/mol. The molecule has 1 saturated carbocycles. The first kappa shape index (κ1) is 24.0. The zero-order valence-corrected chi connectivity index (χ0v) is 18.5. The van der Waals surface area contributed by atoms with E-state index in [1.165, 1.54) is 25.6 Å². The summed E-state index contributed by atoms with van der Waals surface area (Å²) in [6, 6.07) is 6.10. The standard InChI is InChI=1S/C22H24ClF3N4O2/c1-14-4-3-5-17(10-14)30(19(31)18(23)24)21(2,15-11-27-13-28-12-15)20(32)29-16-6-8-22(25,26)9-7-16/h3-5,10-13,16,18H,6-9H2,1-2H3,(H,29,32)/t18-,21?/m0/s1. The molecule has 1 N–H and O–H groups in total. The lowest BCUT2D eigenvalue weighted by molar-refractivity contribution is -0.132. The number of benzene rings is 1. The van der Waals surface area contributed by atoms with Gasteiger partial charge in [-0.15, -0.1) is 0 Å². The van der Waals surface area contributed by atoms with Gasteiger partial charge in [0, 0.05) is 42.5 Å². The fourth-order valence-electron chi connectivity index (χ4n) is 3.89. The van der Waals surface area contributed by atoms with Gasteiger partial charge in [0.1, 0.15) is 6.33 Å². The third kappa shape index (κ3) is 5.03. The van der Waals surface area contributed by atoms with Crippen LogP contribution in [0.4, 0.5) is 18.9 Å². The molecule has 0 radical (unpaired) electrons. The Morgan fingerprint density at radius 3 is 2.44 bits per heavy atom. The number of aromatic nitrogens is 2. The average Bonchev–Trinajstić information content (AvgIpc) is 2.75. The average molecular weight is 469 g/mol. The summed E-state index contributed by atoms with van der Waals surface area (Å²) in [4.78, 5) is 35.4. The fourth-order valence-corrected chi connectivity index (χ4v) is 3.99. The predicted molar refractivity (Wildman–Crippen MR) is 114 cm³/mol. The van der Waals surface area contributed by atoms with E-state index in [0.29, 0.717) is 0 Å². The number of carbonyl (C=O) groups is 2. The van der Waals surface area contributed by atoms with Crippen LogP contribution in [0.1, 0.15) is 43.7 Å². The lowest BCUT2D eigenvalue weighted by Gasteiger charge is -2.41. The van der Waals surface area contributed by atoms with Crippen LogP contribution in [0.2, 0.25) is 0 Å². The topological polar surface area (TPSA) is 75.2 Å². The second-order valence-corrected chi connectivity index (χ2v) is 8.50. The Morgan fingerprint density at radius 2 is 1.88 bits per heavy atom. The lowest BCUT2D eigenvalue weighted by Crippen LogP contribution is -2.60. The molecule has 1 aromatic heterocycles. The molecular formula is C22H24ClF3N4O2. The smallest absolute Gasteiger partial charge is 0.278 e. The third-order valence-electron chi connectivity index (χ3n) is 5.73. The zero-order valence-electron chi connectivity index (χ0n) is 17.7. The molecule has 1 heterocycles. The molecule has 1 fully saturated rings. The zero-order chi connectivity index (χ0) is 23.5. The molecule has 2 amide bonds. The van der Waals surface area contributed by atoms with Gasteiger partial charge in [-0.3, -0.25) is 14.5 Å². The Hall–Kier alpha value is -2.68. The van der Waals surface area contributed by atoms with E-state index in [1.54, 1.807) is 31.2 Å². The number of nitrogens with one attached hydrogen (secondary N) is 1. The number of amides is 2. The van der Waals surface area contributed by atoms with E-state index in [9.17, 15) is 22.8 Å². The highest BCUT2D eigenvalue weighted by Crippen LogP contribution is 2.37. The Kier molecular flexibility index (Phi) is 7.07. The third-order valence-corrected chi connectivity index (χ3v) is 5.92. The molecular weight excluding hydrogens is 445 g/mol. The van der Waals surface area contributed by atoms with Crippen LogP contribution in [0.3, 0.4) is 0 Å². The Labute approximate surface area is 189 Å². The normalized spacial score (nSPS) is 18.9. The van der Waals surface area contributed by atoms with Crippen molar-refractivity contribution in [3.8, 4) is 0 Å². The lowest BCUT2D eigenvalue weighted by atomic mass is 9.87. The number of aryl methyl sites for hydroxylation is 1. The molecule has 0 spiro atoms. The summed E-state index contributed by atoms with van der Waals surface area (Å²) in [5.74, 6) is -4.58. The van der Waals surface area contributed by atoms with Crippen molar-refractivity contribution in [2.24, 2.45) is 0 Å². The van der Waals surface area contributed by atoms with Gasteiger partial charge in [0.25, 0.3) is 17.4 Å². The van der Waals surface area contributed by atoms with Crippen molar-refractivity contribution < 1.29 is 22.8 Å². The molecule has 6 nitrogen and oxygen atoms in total. The fraction of sp³-hybridized carbons (Fsp3) is 0.455. The number of halogens is 4. The second kappa shape index (κ2) is 9.44. The van der Waals surface area contributed by atoms with Gasteiger partial charge < -0.3 is 5.32 Å². The summed E-state index contributed by atoms with van der Waals surface area (Å²) < 4.78 is 41.2. The van der Waals surface area contributed by atoms with Crippen LogP contribution in [0.5, 0.6) is 0 Å². The molecule has 0 aliphatic heterocycles. The van der Waals surface area contributed by atoms with Crippen molar-refractivity contribution >= 4 is 29.1 Å². The summed E-state index contributed by atoms with van der Waals surface area (Å²) in [6.45, 7) is 3.21. The van der Waals surface area contributed by atoms with E-state index in [-0.39, 0.29) is 36.9 Å². The molecule has 2 atom stereocenters. The molecule has 172 valence electrons. The van der Waals surface area contributed by atoms with E-state index in [4.69, 9.17) is 11.6 Å². The van der Waals surface area contributed by atoms with Crippen molar-refractivity contribution in [2.45, 2.75) is 62.7 Å². The van der Waals surface area contributed by atoms with Crippen molar-refractivity contribution in [3.05, 3.63) is 54.1 Å². The molecule has 2 aromatic rings. The SMILES string of the molecule is Cc1cccc(N(C(=O)[C@H](F)Cl)C(C)(C(=O)NC2CCC(F)(F)CC2)c2cncnc2)c1. The van der Waals surface area contributed by atoms with E-state index in [1.807, 2.05) is 0 Å². The molecule has 1 aliphatic carbocycles. The van der Waals surface area contributed by atoms with Crippen LogP contribution in [0, 0.1) is 6.92 Å². The van der Waals surface area contributed by atoms with Gasteiger partial charge in [-0.05, 0) is 44.4 Å². The van der Waals surface area contributed by atoms with Crippen LogP contribution in [-0.2, 0) is 15.1 Å². The summed E-state index contributed by atoms with van der Waals surface area (Å²) in [7, 11) is 0. The summed E-state index contributed by atoms with van der Waals surface area (Å²) >= 11 is 5.53. The highest BCUT2D eigenvalue weighted by atomic mass is 35.5. The number of anilines is 1. The minimum absolute atomic E-state index is 0.0831. The van der Waals surface area contributed by atoms with Gasteiger partial charge >= 0.3 is 0 Å². The quantitative estimate of drug-likeness (QED) is 0.643. The highest BCUT2D eigenvalue weighted by Gasteiger charge is 2.48. The van der Waals surface area contributed by atoms with E-state index in [2.05, 4.69) is 15.3 Å². The number of alkyl halides is 4. The van der Waals surface area contributed by atoms with Crippen LogP contribution in [-0.4, -0.2) is 39.4 Å². The largest absolute Gasteiger partial charge is 0.351 e. The van der Waals surface area contributed by atoms with Gasteiger partial charge in [-0.25, -0.2) is 23.1 Å². The van der Waals surface area contributed by atoms with Gasteiger partial charge in [0.15, 0.2) is 5.54 Å². The van der Waals surface area contributed by atoms with Gasteiger partial charge in [0.05, 0.1) is 0 Å². The first-order valence-corrected chi connectivity index (χ1v) is 10.6. The molecule has 1 aromatic carbocycles. The Bertz CT molecular complexity index is 967. The summed E-state index contributed by atoms with van der Waals surface area (Å²) in [5, 5.41) is 2.77. The molecule has 3 rings (SSSR count). The van der Waals surface area contributed by atoms with Gasteiger partial charge in [-0.2, -0.15) is 0 Å². The predicted octanol–water partition coefficient (Wildman–Crippen LogP) is 4.26. The molecule has 10 heteroatoms. The first-order chi connectivity index (χ1) is 15.0. The van der Waals surface area contributed by atoms with Crippen molar-refractivity contribution in [3.63, 3.8) is 0 Å². The molecule has 32 heavy (non-hydrogen) atoms. The number of hydrogen-bond acceptors (Lipinski definition) is 4. The van der Waals surface area contributed by atoms with E-state index in [0.717, 1.165) is 10.5 Å². The Balaban J connectivity index is 2.06. The maximum absolute atomic E-state index is 14.1. The number of carbonyl (C=O) groups excluding carboxylic acids is 2. The molecule has 0 saturated heterocycles. The highest BCUT2D eigenvalue weighted by molar-refractivity contribution is 6.32. The van der Waals surface area contributed by atoms with Crippen LogP contribution < -0.4 is 10.2 Å². The number of nitrogens with zero attached hydrogens (tertiary/aromatic N) is 3. The van der Waals surface area contributed by atoms with E-state index < -0.39 is 34.9 Å². The van der Waals surface area contributed by atoms with Crippen molar-refractivity contribution in [1.82, 2.24) is 15.3 Å². The van der Waals surface area contributed by atoms with Gasteiger partial charge in [-0.1, -0.05) is 23.7 Å². The Morgan fingerprint density at radius 1 is 1.25 bits per heavy atom. The van der Waals surface area contributed by atoms with Crippen LogP contribution in [0.15, 0.2) is 43.0 Å². The second-order valence-electron chi connectivity index (χ2n) is 8.12. The molecule has 1 unspecified atom stereocenters. The van der Waals surface area contributed by atoms with E-state index >= 15 is 0 Å². The van der Waals surface area contributed by atoms with Crippen molar-refractivity contribution in [2.75, 3.05) is 4.90 Å². The minimum Gasteiger partial charge on any atom is -0.351 e. The minimum atomic E-state index is -2.76. The van der Waals surface area contributed by atoms with Crippen LogP contribution >= 0.6 is 11.6 Å². The summed E-state index contributed by atoms with van der Waals surface area (Å²) in [6.07, 6.45) is 3.41. The maximum atomic E-state index is 14.1. The summed E-state index contributed by atoms with van der Waals surface area (Å²) in [5.41, 5.74) is -2.99. The number of hydrogen-bond donors (Lipinski definition) is 1. The van der Waals surface area contributed by atoms with Crippen molar-refractivity contribution in [1.29, 1.82) is 0 Å². The first-order valence-electron chi connectivity index (χ1n) is 10.2.